The van der Waals surface area contributed by atoms with Crippen molar-refractivity contribution in [3.8, 4) is 0 Å². The van der Waals surface area contributed by atoms with E-state index in [9.17, 15) is 9.90 Å². The van der Waals surface area contributed by atoms with Crippen LogP contribution in [0.4, 0.5) is 4.79 Å². The van der Waals surface area contributed by atoms with E-state index in [2.05, 4.69) is 0 Å². The van der Waals surface area contributed by atoms with Crippen LogP contribution in [0, 0.1) is 5.92 Å². The lowest BCUT2D eigenvalue weighted by Crippen LogP contribution is -2.47. The average molecular weight is 199 g/mol. The van der Waals surface area contributed by atoms with Crippen molar-refractivity contribution < 1.29 is 14.6 Å². The highest BCUT2D eigenvalue weighted by Gasteiger charge is 2.43. The normalized spacial score (nSPS) is 36.7. The van der Waals surface area contributed by atoms with Crippen molar-refractivity contribution in [3.05, 3.63) is 0 Å². The van der Waals surface area contributed by atoms with Crippen LogP contribution in [0.2, 0.25) is 0 Å². The first-order valence-corrected chi connectivity index (χ1v) is 5.26. The summed E-state index contributed by atoms with van der Waals surface area (Å²) in [4.78, 5) is 13.1. The van der Waals surface area contributed by atoms with Gasteiger partial charge in [-0.15, -0.1) is 0 Å². The van der Waals surface area contributed by atoms with Crippen molar-refractivity contribution in [1.82, 2.24) is 4.90 Å². The zero-order chi connectivity index (χ0) is 10.1. The number of hydrogen-bond acceptors (Lipinski definition) is 3. The quantitative estimate of drug-likeness (QED) is 0.633. The second-order valence-corrected chi connectivity index (χ2v) is 4.20. The number of fused-ring (bicyclic) bond motifs is 1. The Labute approximate surface area is 83.8 Å². The van der Waals surface area contributed by atoms with E-state index in [0.29, 0.717) is 5.92 Å². The number of carbonyl (C=O) groups is 1. The monoisotopic (exact) mass is 199 g/mol. The number of aliphatic hydroxyl groups excluding tert-OH is 1. The summed E-state index contributed by atoms with van der Waals surface area (Å²) in [6.07, 6.45) is 3.40. The number of likely N-dealkylation sites (tertiary alicyclic amines) is 1. The molecule has 0 aromatic heterocycles. The number of carbonyl (C=O) groups excluding carboxylic acids is 1. The fourth-order valence-corrected chi connectivity index (χ4v) is 2.81. The Kier molecular flexibility index (Phi) is 2.63. The number of aliphatic hydroxyl groups is 1. The maximum absolute atomic E-state index is 11.4. The molecule has 80 valence electrons. The van der Waals surface area contributed by atoms with Crippen LogP contribution in [-0.4, -0.2) is 41.9 Å². The molecule has 2 rings (SSSR count). The maximum atomic E-state index is 11.4. The third kappa shape index (κ3) is 1.47. The molecule has 4 heteroatoms. The first-order chi connectivity index (χ1) is 6.74. The number of methoxy groups -OCH3 is 1. The zero-order valence-corrected chi connectivity index (χ0v) is 8.48. The second kappa shape index (κ2) is 3.77. The summed E-state index contributed by atoms with van der Waals surface area (Å²) in [7, 11) is 1.39. The van der Waals surface area contributed by atoms with E-state index in [1.807, 2.05) is 0 Å². The Morgan fingerprint density at radius 3 is 2.93 bits per heavy atom. The third-order valence-corrected chi connectivity index (χ3v) is 3.46. The highest BCUT2D eigenvalue weighted by Crippen LogP contribution is 2.36. The molecule has 14 heavy (non-hydrogen) atoms. The van der Waals surface area contributed by atoms with E-state index in [4.69, 9.17) is 4.74 Å². The van der Waals surface area contributed by atoms with E-state index in [-0.39, 0.29) is 18.2 Å². The van der Waals surface area contributed by atoms with Gasteiger partial charge in [-0.1, -0.05) is 6.42 Å². The minimum absolute atomic E-state index is 0.0104. The number of amides is 1. The average Bonchev–Trinajstić information content (AvgIpc) is 2.62. The first kappa shape index (κ1) is 9.77. The summed E-state index contributed by atoms with van der Waals surface area (Å²) < 4.78 is 4.71. The molecular weight excluding hydrogens is 182 g/mol. The second-order valence-electron chi connectivity index (χ2n) is 4.20. The van der Waals surface area contributed by atoms with Gasteiger partial charge in [-0.2, -0.15) is 0 Å². The number of nitrogens with zero attached hydrogens (tertiary/aromatic N) is 1. The highest BCUT2D eigenvalue weighted by atomic mass is 16.5. The molecular formula is C10H17NO3. The first-order valence-electron chi connectivity index (χ1n) is 5.26. The smallest absolute Gasteiger partial charge is 0.409 e. The molecule has 0 bridgehead atoms. The molecule has 4 nitrogen and oxygen atoms in total. The van der Waals surface area contributed by atoms with Crippen molar-refractivity contribution in [1.29, 1.82) is 0 Å². The molecule has 2 aliphatic rings. The summed E-state index contributed by atoms with van der Waals surface area (Å²) in [6.45, 7) is 0.735. The summed E-state index contributed by atoms with van der Waals surface area (Å²) in [5, 5.41) is 9.84. The molecule has 1 heterocycles. The van der Waals surface area contributed by atoms with Gasteiger partial charge < -0.3 is 14.7 Å². The van der Waals surface area contributed by atoms with E-state index >= 15 is 0 Å². The summed E-state index contributed by atoms with van der Waals surface area (Å²) in [6, 6.07) is 0.0104. The van der Waals surface area contributed by atoms with Crippen LogP contribution in [0.1, 0.15) is 25.7 Å². The summed E-state index contributed by atoms with van der Waals surface area (Å²) in [5.74, 6) is 0.484. The predicted octanol–water partition coefficient (Wildman–Crippen LogP) is 0.988. The van der Waals surface area contributed by atoms with Crippen molar-refractivity contribution >= 4 is 6.09 Å². The Morgan fingerprint density at radius 2 is 2.21 bits per heavy atom. The largest absolute Gasteiger partial charge is 0.453 e. The van der Waals surface area contributed by atoms with Crippen LogP contribution in [0.25, 0.3) is 0 Å². The van der Waals surface area contributed by atoms with Crippen molar-refractivity contribution in [2.24, 2.45) is 5.92 Å². The van der Waals surface area contributed by atoms with Gasteiger partial charge in [0.25, 0.3) is 0 Å². The van der Waals surface area contributed by atoms with Gasteiger partial charge in [-0.25, -0.2) is 4.79 Å². The van der Waals surface area contributed by atoms with Gasteiger partial charge in [0.1, 0.15) is 0 Å². The van der Waals surface area contributed by atoms with Crippen LogP contribution < -0.4 is 0 Å². The number of hydrogen-bond donors (Lipinski definition) is 1. The molecule has 1 saturated heterocycles. The molecule has 1 aliphatic carbocycles. The fraction of sp³-hybridized carbons (Fsp3) is 0.900. The fourth-order valence-electron chi connectivity index (χ4n) is 2.81. The molecule has 0 aromatic carbocycles. The van der Waals surface area contributed by atoms with Crippen LogP contribution in [0.15, 0.2) is 0 Å². The molecule has 0 spiro atoms. The van der Waals surface area contributed by atoms with E-state index in [1.165, 1.54) is 7.11 Å². The van der Waals surface area contributed by atoms with Crippen molar-refractivity contribution in [2.45, 2.75) is 37.8 Å². The Morgan fingerprint density at radius 1 is 1.43 bits per heavy atom. The SMILES string of the molecule is COC(=O)N1CC[C@@H]2CCC[C@H](O)[C@@H]21. The van der Waals surface area contributed by atoms with Gasteiger partial charge in [0.15, 0.2) is 0 Å². The molecule has 1 N–H and O–H groups in total. The molecule has 2 fully saturated rings. The summed E-state index contributed by atoms with van der Waals surface area (Å²) >= 11 is 0. The minimum Gasteiger partial charge on any atom is -0.453 e. The lowest BCUT2D eigenvalue weighted by Gasteiger charge is -2.34. The van der Waals surface area contributed by atoms with Gasteiger partial charge in [0, 0.05) is 6.54 Å². The Hall–Kier alpha value is -0.770. The van der Waals surface area contributed by atoms with E-state index < -0.39 is 0 Å². The molecule has 0 unspecified atom stereocenters. The molecule has 1 amide bonds. The van der Waals surface area contributed by atoms with Gasteiger partial charge in [0.05, 0.1) is 19.3 Å². The molecule has 0 aromatic rings. The Balaban J connectivity index is 2.10. The van der Waals surface area contributed by atoms with Gasteiger partial charge in [-0.3, -0.25) is 0 Å². The maximum Gasteiger partial charge on any atom is 0.409 e. The van der Waals surface area contributed by atoms with Crippen LogP contribution >= 0.6 is 0 Å². The predicted molar refractivity (Wildman–Crippen MR) is 50.9 cm³/mol. The lowest BCUT2D eigenvalue weighted by molar-refractivity contribution is 0.0222. The van der Waals surface area contributed by atoms with Gasteiger partial charge >= 0.3 is 6.09 Å². The highest BCUT2D eigenvalue weighted by molar-refractivity contribution is 5.68. The van der Waals surface area contributed by atoms with Gasteiger partial charge in [-0.05, 0) is 25.2 Å². The number of rotatable bonds is 0. The van der Waals surface area contributed by atoms with Crippen LogP contribution in [0.5, 0.6) is 0 Å². The lowest BCUT2D eigenvalue weighted by atomic mass is 9.83. The van der Waals surface area contributed by atoms with E-state index in [0.717, 1.165) is 32.2 Å². The van der Waals surface area contributed by atoms with Crippen LogP contribution in [0.3, 0.4) is 0 Å². The summed E-state index contributed by atoms with van der Waals surface area (Å²) in [5.41, 5.74) is 0. The Bertz CT molecular complexity index is 231. The molecule has 3 atom stereocenters. The van der Waals surface area contributed by atoms with Crippen LogP contribution in [-0.2, 0) is 4.74 Å². The standard InChI is InChI=1S/C10H17NO3/c1-14-10(13)11-6-5-7-3-2-4-8(12)9(7)11/h7-9,12H,2-6H2,1H3/t7-,8-,9+/m0/s1. The minimum atomic E-state index is -0.352. The van der Waals surface area contributed by atoms with E-state index in [1.54, 1.807) is 4.90 Å². The molecule has 1 aliphatic heterocycles. The molecule has 1 saturated carbocycles. The van der Waals surface area contributed by atoms with Gasteiger partial charge in [0.2, 0.25) is 0 Å². The van der Waals surface area contributed by atoms with Crippen molar-refractivity contribution in [2.75, 3.05) is 13.7 Å². The topological polar surface area (TPSA) is 49.8 Å². The third-order valence-electron chi connectivity index (χ3n) is 3.46. The molecule has 0 radical (unpaired) electrons. The zero-order valence-electron chi connectivity index (χ0n) is 8.48. The van der Waals surface area contributed by atoms with Crippen molar-refractivity contribution in [3.63, 3.8) is 0 Å². The number of ether oxygens (including phenoxy) is 1.